The molecule has 1 amide bonds. The Labute approximate surface area is 118 Å². The minimum absolute atomic E-state index is 0.314. The molecule has 1 heterocycles. The fourth-order valence-corrected chi connectivity index (χ4v) is 2.71. The van der Waals surface area contributed by atoms with Gasteiger partial charge in [0.05, 0.1) is 0 Å². The van der Waals surface area contributed by atoms with Gasteiger partial charge in [-0.3, -0.25) is 4.79 Å². The van der Waals surface area contributed by atoms with Gasteiger partial charge in [-0.25, -0.2) is 0 Å². The summed E-state index contributed by atoms with van der Waals surface area (Å²) in [6, 6.07) is 8.04. The number of hydrogen-bond acceptors (Lipinski definition) is 1. The number of benzene rings is 1. The predicted octanol–water partition coefficient (Wildman–Crippen LogP) is 4.34. The lowest BCUT2D eigenvalue weighted by Gasteiger charge is -2.30. The summed E-state index contributed by atoms with van der Waals surface area (Å²) >= 11 is 11.3. The van der Waals surface area contributed by atoms with Crippen LogP contribution in [0.4, 0.5) is 4.79 Å². The molecule has 1 aromatic rings. The van der Waals surface area contributed by atoms with E-state index < -0.39 is 0 Å². The number of amides is 1. The van der Waals surface area contributed by atoms with Crippen molar-refractivity contribution in [2.45, 2.75) is 25.7 Å². The number of hydrogen-bond donors (Lipinski definition) is 0. The van der Waals surface area contributed by atoms with E-state index in [2.05, 4.69) is 12.1 Å². The van der Waals surface area contributed by atoms with Crippen molar-refractivity contribution in [2.24, 2.45) is 5.92 Å². The lowest BCUT2D eigenvalue weighted by Crippen LogP contribution is -2.35. The molecule has 0 unspecified atom stereocenters. The third kappa shape index (κ3) is 3.89. The van der Waals surface area contributed by atoms with Crippen LogP contribution in [0.1, 0.15) is 24.8 Å². The first-order chi connectivity index (χ1) is 8.65. The van der Waals surface area contributed by atoms with E-state index in [0.717, 1.165) is 37.4 Å². The van der Waals surface area contributed by atoms with Gasteiger partial charge in [0.25, 0.3) is 0 Å². The van der Waals surface area contributed by atoms with Gasteiger partial charge in [-0.2, -0.15) is 0 Å². The number of likely N-dealkylation sites (tertiary alicyclic amines) is 1. The van der Waals surface area contributed by atoms with E-state index in [-0.39, 0.29) is 5.37 Å². The molecule has 0 aromatic heterocycles. The topological polar surface area (TPSA) is 20.3 Å². The van der Waals surface area contributed by atoms with Crippen LogP contribution in [0.25, 0.3) is 0 Å². The van der Waals surface area contributed by atoms with Crippen LogP contribution in [0, 0.1) is 5.92 Å². The van der Waals surface area contributed by atoms with E-state index in [1.54, 1.807) is 4.90 Å². The highest BCUT2D eigenvalue weighted by Gasteiger charge is 2.21. The molecule has 2 nitrogen and oxygen atoms in total. The highest BCUT2D eigenvalue weighted by Crippen LogP contribution is 2.23. The summed E-state index contributed by atoms with van der Waals surface area (Å²) in [7, 11) is 0. The number of rotatable bonds is 3. The summed E-state index contributed by atoms with van der Waals surface area (Å²) in [6.45, 7) is 1.60. The lowest BCUT2D eigenvalue weighted by atomic mass is 9.91. The van der Waals surface area contributed by atoms with Gasteiger partial charge in [-0.05, 0) is 60.9 Å². The lowest BCUT2D eigenvalue weighted by molar-refractivity contribution is 0.188. The molecule has 4 heteroatoms. The molecule has 1 saturated heterocycles. The molecule has 0 atom stereocenters. The standard InChI is InChI=1S/C14H17Cl2NO/c15-13-5-3-11(4-6-13)1-2-12-7-9-17(10-8-12)14(16)18/h3-6,12H,1-2,7-10H2. The zero-order valence-electron chi connectivity index (χ0n) is 10.2. The predicted molar refractivity (Wildman–Crippen MR) is 75.3 cm³/mol. The molecule has 0 N–H and O–H groups in total. The minimum Gasteiger partial charge on any atom is -0.329 e. The van der Waals surface area contributed by atoms with Gasteiger partial charge in [-0.15, -0.1) is 0 Å². The second kappa shape index (κ2) is 6.44. The second-order valence-corrected chi connectivity index (χ2v) is 5.61. The molecule has 2 rings (SSSR count). The third-order valence-electron chi connectivity index (χ3n) is 3.62. The minimum atomic E-state index is -0.314. The van der Waals surface area contributed by atoms with Crippen molar-refractivity contribution >= 4 is 28.6 Å². The molecule has 1 fully saturated rings. The van der Waals surface area contributed by atoms with Crippen molar-refractivity contribution in [1.82, 2.24) is 4.90 Å². The maximum atomic E-state index is 11.0. The van der Waals surface area contributed by atoms with E-state index >= 15 is 0 Å². The van der Waals surface area contributed by atoms with E-state index in [1.165, 1.54) is 12.0 Å². The average Bonchev–Trinajstić information content (AvgIpc) is 2.38. The van der Waals surface area contributed by atoms with Gasteiger partial charge in [0.2, 0.25) is 0 Å². The smallest absolute Gasteiger partial charge is 0.316 e. The van der Waals surface area contributed by atoms with Crippen LogP contribution in [-0.4, -0.2) is 23.4 Å². The van der Waals surface area contributed by atoms with E-state index in [4.69, 9.17) is 23.2 Å². The third-order valence-corrected chi connectivity index (χ3v) is 4.11. The number of carbonyl (C=O) groups is 1. The summed E-state index contributed by atoms with van der Waals surface area (Å²) in [5, 5.41) is 0.471. The summed E-state index contributed by atoms with van der Waals surface area (Å²) in [5.74, 6) is 0.702. The Hall–Kier alpha value is -0.730. The maximum absolute atomic E-state index is 11.0. The number of aryl methyl sites for hydroxylation is 1. The van der Waals surface area contributed by atoms with Crippen molar-refractivity contribution in [3.8, 4) is 0 Å². The van der Waals surface area contributed by atoms with Crippen LogP contribution < -0.4 is 0 Å². The molecular weight excluding hydrogens is 269 g/mol. The van der Waals surface area contributed by atoms with E-state index in [0.29, 0.717) is 5.92 Å². The molecule has 0 saturated carbocycles. The molecule has 0 aliphatic carbocycles. The monoisotopic (exact) mass is 285 g/mol. The number of carbonyl (C=O) groups excluding carboxylic acids is 1. The summed E-state index contributed by atoms with van der Waals surface area (Å²) < 4.78 is 0. The van der Waals surface area contributed by atoms with Gasteiger partial charge in [0, 0.05) is 18.1 Å². The summed E-state index contributed by atoms with van der Waals surface area (Å²) in [4.78, 5) is 12.7. The Morgan fingerprint density at radius 1 is 1.22 bits per heavy atom. The van der Waals surface area contributed by atoms with Crippen LogP contribution in [0.3, 0.4) is 0 Å². The van der Waals surface area contributed by atoms with Gasteiger partial charge in [-0.1, -0.05) is 23.7 Å². The van der Waals surface area contributed by atoms with Gasteiger partial charge in [0.1, 0.15) is 0 Å². The second-order valence-electron chi connectivity index (χ2n) is 4.85. The van der Waals surface area contributed by atoms with Gasteiger partial charge >= 0.3 is 5.37 Å². The first-order valence-corrected chi connectivity index (χ1v) is 7.09. The number of halogens is 2. The normalized spacial score (nSPS) is 16.9. The van der Waals surface area contributed by atoms with Crippen LogP contribution in [0.5, 0.6) is 0 Å². The fraction of sp³-hybridized carbons (Fsp3) is 0.500. The number of nitrogens with zero attached hydrogens (tertiary/aromatic N) is 1. The van der Waals surface area contributed by atoms with E-state index in [1.807, 2.05) is 12.1 Å². The van der Waals surface area contributed by atoms with Crippen molar-refractivity contribution < 1.29 is 4.79 Å². The van der Waals surface area contributed by atoms with Crippen LogP contribution >= 0.6 is 23.2 Å². The Morgan fingerprint density at radius 3 is 2.39 bits per heavy atom. The molecule has 98 valence electrons. The quantitative estimate of drug-likeness (QED) is 0.597. The first-order valence-electron chi connectivity index (χ1n) is 6.34. The van der Waals surface area contributed by atoms with Gasteiger partial charge in [0.15, 0.2) is 0 Å². The molecule has 0 spiro atoms. The average molecular weight is 286 g/mol. The first kappa shape index (κ1) is 13.7. The Morgan fingerprint density at radius 2 is 1.83 bits per heavy atom. The van der Waals surface area contributed by atoms with Crippen molar-refractivity contribution in [3.63, 3.8) is 0 Å². The molecule has 18 heavy (non-hydrogen) atoms. The summed E-state index contributed by atoms with van der Waals surface area (Å²) in [6.07, 6.45) is 4.38. The largest absolute Gasteiger partial charge is 0.329 e. The molecule has 1 aromatic carbocycles. The van der Waals surface area contributed by atoms with Crippen molar-refractivity contribution in [1.29, 1.82) is 0 Å². The molecular formula is C14H17Cl2NO. The Bertz CT molecular complexity index is 397. The summed E-state index contributed by atoms with van der Waals surface area (Å²) in [5.41, 5.74) is 1.33. The zero-order valence-corrected chi connectivity index (χ0v) is 11.8. The Kier molecular flexibility index (Phi) is 4.90. The molecule has 0 bridgehead atoms. The van der Waals surface area contributed by atoms with Crippen molar-refractivity contribution in [2.75, 3.05) is 13.1 Å². The zero-order chi connectivity index (χ0) is 13.0. The fourth-order valence-electron chi connectivity index (χ4n) is 2.42. The maximum Gasteiger partial charge on any atom is 0.316 e. The van der Waals surface area contributed by atoms with Gasteiger partial charge < -0.3 is 4.90 Å². The SMILES string of the molecule is O=C(Cl)N1CCC(CCc2ccc(Cl)cc2)CC1. The van der Waals surface area contributed by atoms with Crippen LogP contribution in [0.15, 0.2) is 24.3 Å². The van der Waals surface area contributed by atoms with Crippen molar-refractivity contribution in [3.05, 3.63) is 34.9 Å². The van der Waals surface area contributed by atoms with Crippen LogP contribution in [-0.2, 0) is 6.42 Å². The number of piperidine rings is 1. The highest BCUT2D eigenvalue weighted by atomic mass is 35.5. The van der Waals surface area contributed by atoms with Crippen LogP contribution in [0.2, 0.25) is 5.02 Å². The van der Waals surface area contributed by atoms with E-state index in [9.17, 15) is 4.79 Å². The molecule has 1 aliphatic rings. The molecule has 0 radical (unpaired) electrons. The Balaban J connectivity index is 1.75. The molecule has 1 aliphatic heterocycles. The highest BCUT2D eigenvalue weighted by molar-refractivity contribution is 6.62.